The molecule has 160 valence electrons. The predicted molar refractivity (Wildman–Crippen MR) is 120 cm³/mol. The maximum Gasteiger partial charge on any atom is 0.260 e. The van der Waals surface area contributed by atoms with Crippen molar-refractivity contribution in [2.75, 3.05) is 19.7 Å². The number of carbonyl (C=O) groups excluding carboxylic acids is 1. The van der Waals surface area contributed by atoms with E-state index in [0.29, 0.717) is 11.8 Å². The van der Waals surface area contributed by atoms with Crippen LogP contribution in [0.5, 0.6) is 5.75 Å². The molecule has 0 aliphatic rings. The molecule has 1 amide bonds. The summed E-state index contributed by atoms with van der Waals surface area (Å²) in [6.07, 6.45) is 9.61. The van der Waals surface area contributed by atoms with Crippen molar-refractivity contribution >= 4 is 5.91 Å². The zero-order valence-corrected chi connectivity index (χ0v) is 19.0. The van der Waals surface area contributed by atoms with E-state index >= 15 is 0 Å². The molecule has 0 radical (unpaired) electrons. The fourth-order valence-electron chi connectivity index (χ4n) is 3.68. The number of aryl methyl sites for hydroxylation is 1. The van der Waals surface area contributed by atoms with E-state index in [1.165, 1.54) is 38.5 Å². The predicted octanol–water partition coefficient (Wildman–Crippen LogP) is 6.64. The second-order valence-electron chi connectivity index (χ2n) is 8.24. The van der Waals surface area contributed by atoms with E-state index in [1.807, 2.05) is 31.2 Å². The van der Waals surface area contributed by atoms with E-state index in [-0.39, 0.29) is 12.5 Å². The van der Waals surface area contributed by atoms with E-state index in [9.17, 15) is 4.79 Å². The standard InChI is InChI=1S/C25H43NO2/c1-6-10-14-22(8-3)18-26(19-23(9-4)15-11-7-2)25(27)20-28-24-16-12-13-21(5)17-24/h12-13,16-17,22-23H,6-11,14-15,18-20H2,1-5H3. The van der Waals surface area contributed by atoms with E-state index in [4.69, 9.17) is 4.74 Å². The van der Waals surface area contributed by atoms with Crippen molar-refractivity contribution in [2.24, 2.45) is 11.8 Å². The molecule has 2 unspecified atom stereocenters. The minimum absolute atomic E-state index is 0.131. The van der Waals surface area contributed by atoms with Gasteiger partial charge in [0.1, 0.15) is 5.75 Å². The monoisotopic (exact) mass is 389 g/mol. The highest BCUT2D eigenvalue weighted by Crippen LogP contribution is 2.20. The molecule has 0 saturated heterocycles. The molecule has 0 spiro atoms. The molecule has 0 N–H and O–H groups in total. The van der Waals surface area contributed by atoms with Gasteiger partial charge in [0.05, 0.1) is 0 Å². The second-order valence-corrected chi connectivity index (χ2v) is 8.24. The number of unbranched alkanes of at least 4 members (excludes halogenated alkanes) is 2. The third-order valence-electron chi connectivity index (χ3n) is 5.75. The van der Waals surface area contributed by atoms with Crippen molar-refractivity contribution in [3.05, 3.63) is 29.8 Å². The number of hydrogen-bond acceptors (Lipinski definition) is 2. The minimum atomic E-state index is 0.131. The molecule has 28 heavy (non-hydrogen) atoms. The molecule has 0 bridgehead atoms. The molecule has 1 rings (SSSR count). The molecule has 0 heterocycles. The van der Waals surface area contributed by atoms with Crippen LogP contribution in [0.3, 0.4) is 0 Å². The third-order valence-corrected chi connectivity index (χ3v) is 5.75. The van der Waals surface area contributed by atoms with Gasteiger partial charge in [0, 0.05) is 13.1 Å². The summed E-state index contributed by atoms with van der Waals surface area (Å²) in [5, 5.41) is 0. The Morgan fingerprint density at radius 2 is 1.54 bits per heavy atom. The van der Waals surface area contributed by atoms with Gasteiger partial charge in [-0.25, -0.2) is 0 Å². The molecule has 0 fully saturated rings. The van der Waals surface area contributed by atoms with Crippen LogP contribution in [0.2, 0.25) is 0 Å². The Bertz CT molecular complexity index is 525. The van der Waals surface area contributed by atoms with Gasteiger partial charge in [0.2, 0.25) is 0 Å². The van der Waals surface area contributed by atoms with Gasteiger partial charge in [-0.05, 0) is 49.3 Å². The number of carbonyl (C=O) groups is 1. The van der Waals surface area contributed by atoms with Crippen molar-refractivity contribution < 1.29 is 9.53 Å². The second kappa shape index (κ2) is 14.5. The van der Waals surface area contributed by atoms with Gasteiger partial charge in [-0.15, -0.1) is 0 Å². The first-order valence-electron chi connectivity index (χ1n) is 11.5. The molecular formula is C25H43NO2. The highest BCUT2D eigenvalue weighted by molar-refractivity contribution is 5.77. The summed E-state index contributed by atoms with van der Waals surface area (Å²) >= 11 is 0. The molecule has 0 saturated carbocycles. The average molecular weight is 390 g/mol. The molecule has 0 aliphatic heterocycles. The van der Waals surface area contributed by atoms with Gasteiger partial charge in [0.15, 0.2) is 6.61 Å². The lowest BCUT2D eigenvalue weighted by atomic mass is 9.95. The van der Waals surface area contributed by atoms with Crippen LogP contribution in [0, 0.1) is 18.8 Å². The first kappa shape index (κ1) is 24.5. The number of rotatable bonds is 15. The van der Waals surface area contributed by atoms with Gasteiger partial charge >= 0.3 is 0 Å². The number of amides is 1. The Labute approximate surface area is 173 Å². The largest absolute Gasteiger partial charge is 0.484 e. The summed E-state index contributed by atoms with van der Waals surface area (Å²) in [5.74, 6) is 2.09. The van der Waals surface area contributed by atoms with E-state index in [2.05, 4.69) is 32.6 Å². The molecule has 1 aromatic rings. The minimum Gasteiger partial charge on any atom is -0.484 e. The molecule has 1 aromatic carbocycles. The van der Waals surface area contributed by atoms with Crippen LogP contribution < -0.4 is 4.74 Å². The van der Waals surface area contributed by atoms with Gasteiger partial charge in [-0.3, -0.25) is 4.79 Å². The Morgan fingerprint density at radius 3 is 2.00 bits per heavy atom. The molecule has 0 aliphatic carbocycles. The zero-order chi connectivity index (χ0) is 20.8. The topological polar surface area (TPSA) is 29.5 Å². The smallest absolute Gasteiger partial charge is 0.260 e. The highest BCUT2D eigenvalue weighted by Gasteiger charge is 2.21. The summed E-state index contributed by atoms with van der Waals surface area (Å²) in [6.45, 7) is 12.9. The van der Waals surface area contributed by atoms with Crippen molar-refractivity contribution in [3.8, 4) is 5.75 Å². The zero-order valence-electron chi connectivity index (χ0n) is 19.0. The molecular weight excluding hydrogens is 346 g/mol. The van der Waals surface area contributed by atoms with Crippen LogP contribution in [0.1, 0.15) is 84.6 Å². The molecule has 2 atom stereocenters. The number of benzene rings is 1. The Balaban J connectivity index is 2.76. The highest BCUT2D eigenvalue weighted by atomic mass is 16.5. The van der Waals surface area contributed by atoms with E-state index in [0.717, 1.165) is 37.2 Å². The Hall–Kier alpha value is -1.51. The quantitative estimate of drug-likeness (QED) is 0.337. The lowest BCUT2D eigenvalue weighted by Crippen LogP contribution is -2.41. The maximum absolute atomic E-state index is 13.1. The van der Waals surface area contributed by atoms with Gasteiger partial charge < -0.3 is 9.64 Å². The lowest BCUT2D eigenvalue weighted by Gasteiger charge is -2.30. The van der Waals surface area contributed by atoms with Crippen LogP contribution in [0.4, 0.5) is 0 Å². The Kier molecular flexibility index (Phi) is 12.7. The average Bonchev–Trinajstić information content (AvgIpc) is 2.71. The molecule has 3 heteroatoms. The third kappa shape index (κ3) is 9.61. The fraction of sp³-hybridized carbons (Fsp3) is 0.720. The van der Waals surface area contributed by atoms with Crippen LogP contribution >= 0.6 is 0 Å². The number of ether oxygens (including phenoxy) is 1. The van der Waals surface area contributed by atoms with Gasteiger partial charge in [-0.1, -0.05) is 78.4 Å². The maximum atomic E-state index is 13.1. The molecule has 0 aromatic heterocycles. The Morgan fingerprint density at radius 1 is 0.964 bits per heavy atom. The van der Waals surface area contributed by atoms with Crippen molar-refractivity contribution in [2.45, 2.75) is 86.0 Å². The summed E-state index contributed by atoms with van der Waals surface area (Å²) < 4.78 is 5.83. The normalized spacial score (nSPS) is 13.2. The van der Waals surface area contributed by atoms with Gasteiger partial charge in [0.25, 0.3) is 5.91 Å². The summed E-state index contributed by atoms with van der Waals surface area (Å²) in [4.78, 5) is 15.2. The van der Waals surface area contributed by atoms with Gasteiger partial charge in [-0.2, -0.15) is 0 Å². The van der Waals surface area contributed by atoms with E-state index in [1.54, 1.807) is 0 Å². The van der Waals surface area contributed by atoms with Crippen molar-refractivity contribution in [3.63, 3.8) is 0 Å². The fourth-order valence-corrected chi connectivity index (χ4v) is 3.68. The summed E-state index contributed by atoms with van der Waals surface area (Å²) in [5.41, 5.74) is 1.15. The van der Waals surface area contributed by atoms with E-state index < -0.39 is 0 Å². The first-order valence-corrected chi connectivity index (χ1v) is 11.5. The summed E-state index contributed by atoms with van der Waals surface area (Å²) in [6, 6.07) is 7.93. The molecule has 3 nitrogen and oxygen atoms in total. The first-order chi connectivity index (χ1) is 13.5. The number of nitrogens with zero attached hydrogens (tertiary/aromatic N) is 1. The number of hydrogen-bond donors (Lipinski definition) is 0. The van der Waals surface area contributed by atoms with Crippen LogP contribution in [0.25, 0.3) is 0 Å². The summed E-state index contributed by atoms with van der Waals surface area (Å²) in [7, 11) is 0. The lowest BCUT2D eigenvalue weighted by molar-refractivity contribution is -0.134. The van der Waals surface area contributed by atoms with Crippen molar-refractivity contribution in [1.29, 1.82) is 0 Å². The van der Waals surface area contributed by atoms with Crippen LogP contribution in [-0.2, 0) is 4.79 Å². The van der Waals surface area contributed by atoms with Crippen molar-refractivity contribution in [1.82, 2.24) is 4.90 Å². The van der Waals surface area contributed by atoms with Crippen LogP contribution in [0.15, 0.2) is 24.3 Å². The SMILES string of the molecule is CCCCC(CC)CN(CC(CC)CCCC)C(=O)COc1cccc(C)c1. The van der Waals surface area contributed by atoms with Crippen LogP contribution in [-0.4, -0.2) is 30.5 Å².